The highest BCUT2D eigenvalue weighted by Crippen LogP contribution is 2.29. The van der Waals surface area contributed by atoms with Gasteiger partial charge in [0.1, 0.15) is 5.69 Å². The van der Waals surface area contributed by atoms with E-state index in [1.165, 1.54) is 12.3 Å². The second-order valence-electron chi connectivity index (χ2n) is 3.94. The van der Waals surface area contributed by atoms with Crippen LogP contribution < -0.4 is 5.56 Å². The molecule has 0 radical (unpaired) electrons. The van der Waals surface area contributed by atoms with Crippen molar-refractivity contribution in [1.82, 2.24) is 14.8 Å². The van der Waals surface area contributed by atoms with Crippen molar-refractivity contribution in [2.24, 2.45) is 0 Å². The number of aromatic nitrogens is 3. The van der Waals surface area contributed by atoms with Crippen molar-refractivity contribution in [3.8, 4) is 5.82 Å². The molecule has 0 bridgehead atoms. The van der Waals surface area contributed by atoms with Crippen LogP contribution in [0.3, 0.4) is 0 Å². The first-order chi connectivity index (χ1) is 8.30. The molecule has 0 saturated carbocycles. The van der Waals surface area contributed by atoms with Gasteiger partial charge in [0.05, 0.1) is 0 Å². The van der Waals surface area contributed by atoms with Crippen LogP contribution in [0.15, 0.2) is 23.1 Å². The highest BCUT2D eigenvalue weighted by molar-refractivity contribution is 5.29. The summed E-state index contributed by atoms with van der Waals surface area (Å²) in [5, 5.41) is 2.05. The van der Waals surface area contributed by atoms with Crippen LogP contribution in [-0.4, -0.2) is 14.8 Å². The molecule has 1 N–H and O–H groups in total. The number of aromatic amines is 1. The van der Waals surface area contributed by atoms with Gasteiger partial charge >= 0.3 is 6.18 Å². The van der Waals surface area contributed by atoms with Gasteiger partial charge in [-0.15, -0.1) is 0 Å². The number of rotatable bonds is 1. The Morgan fingerprint density at radius 2 is 2.00 bits per heavy atom. The average molecular weight is 257 g/mol. The number of H-pyrrole nitrogens is 1. The van der Waals surface area contributed by atoms with Crippen LogP contribution in [0.2, 0.25) is 0 Å². The lowest BCUT2D eigenvalue weighted by Crippen LogP contribution is -2.17. The number of hydrogen-bond donors (Lipinski definition) is 1. The molecule has 96 valence electrons. The molecule has 2 aromatic rings. The minimum Gasteiger partial charge on any atom is -0.285 e. The van der Waals surface area contributed by atoms with E-state index in [1.807, 2.05) is 5.10 Å². The van der Waals surface area contributed by atoms with Crippen molar-refractivity contribution in [2.75, 3.05) is 0 Å². The molecule has 0 unspecified atom stereocenters. The average Bonchev–Trinajstić information content (AvgIpc) is 2.55. The molecule has 0 saturated heterocycles. The van der Waals surface area contributed by atoms with Gasteiger partial charge in [-0.25, -0.2) is 9.67 Å². The number of pyridine rings is 1. The van der Waals surface area contributed by atoms with Crippen LogP contribution >= 0.6 is 0 Å². The van der Waals surface area contributed by atoms with Crippen LogP contribution in [0.25, 0.3) is 5.82 Å². The summed E-state index contributed by atoms with van der Waals surface area (Å²) in [4.78, 5) is 15.6. The monoisotopic (exact) mass is 257 g/mol. The van der Waals surface area contributed by atoms with Gasteiger partial charge in [-0.2, -0.15) is 13.2 Å². The Hall–Kier alpha value is -2.05. The van der Waals surface area contributed by atoms with Gasteiger partial charge in [0.15, 0.2) is 5.82 Å². The van der Waals surface area contributed by atoms with Crippen molar-refractivity contribution >= 4 is 0 Å². The van der Waals surface area contributed by atoms with E-state index in [4.69, 9.17) is 0 Å². The van der Waals surface area contributed by atoms with E-state index in [1.54, 1.807) is 13.0 Å². The van der Waals surface area contributed by atoms with Crippen LogP contribution in [0.4, 0.5) is 13.2 Å². The number of nitrogens with one attached hydrogen (secondary N) is 1. The first-order valence-electron chi connectivity index (χ1n) is 5.12. The SMILES string of the molecule is Cc1ccnc(-n2[nH]c(C(F)(F)F)c(C)c2=O)c1. The first kappa shape index (κ1) is 12.4. The lowest BCUT2D eigenvalue weighted by molar-refractivity contribution is -0.141. The Balaban J connectivity index is 2.64. The lowest BCUT2D eigenvalue weighted by atomic mass is 10.3. The third-order valence-electron chi connectivity index (χ3n) is 2.54. The Bertz CT molecular complexity index is 640. The summed E-state index contributed by atoms with van der Waals surface area (Å²) in [6.45, 7) is 2.89. The zero-order valence-corrected chi connectivity index (χ0v) is 9.67. The summed E-state index contributed by atoms with van der Waals surface area (Å²) in [6, 6.07) is 3.21. The fourth-order valence-electron chi connectivity index (χ4n) is 1.60. The second-order valence-corrected chi connectivity index (χ2v) is 3.94. The number of aryl methyl sites for hydroxylation is 1. The van der Waals surface area contributed by atoms with Crippen LogP contribution in [-0.2, 0) is 6.18 Å². The molecular formula is C11H10F3N3O. The number of hydrogen-bond acceptors (Lipinski definition) is 2. The van der Waals surface area contributed by atoms with E-state index in [0.717, 1.165) is 17.2 Å². The van der Waals surface area contributed by atoms with Crippen molar-refractivity contribution in [2.45, 2.75) is 20.0 Å². The molecule has 0 aromatic carbocycles. The van der Waals surface area contributed by atoms with Gasteiger partial charge in [0.25, 0.3) is 5.56 Å². The van der Waals surface area contributed by atoms with Crippen molar-refractivity contribution in [1.29, 1.82) is 0 Å². The predicted molar refractivity (Wildman–Crippen MR) is 58.7 cm³/mol. The summed E-state index contributed by atoms with van der Waals surface area (Å²) in [7, 11) is 0. The molecule has 2 heterocycles. The van der Waals surface area contributed by atoms with Crippen LogP contribution in [0, 0.1) is 13.8 Å². The Morgan fingerprint density at radius 3 is 2.50 bits per heavy atom. The second kappa shape index (κ2) is 4.01. The summed E-state index contributed by atoms with van der Waals surface area (Å²) in [5.41, 5.74) is -1.37. The standard InChI is InChI=1S/C11H10F3N3O/c1-6-3-4-15-8(5-6)17-10(18)7(2)9(16-17)11(12,13)14/h3-5,16H,1-2H3. The van der Waals surface area contributed by atoms with Crippen molar-refractivity contribution in [3.05, 3.63) is 45.5 Å². The third-order valence-corrected chi connectivity index (χ3v) is 2.54. The van der Waals surface area contributed by atoms with E-state index in [-0.39, 0.29) is 11.4 Å². The first-order valence-corrected chi connectivity index (χ1v) is 5.12. The topological polar surface area (TPSA) is 50.7 Å². The van der Waals surface area contributed by atoms with Gasteiger partial charge in [0, 0.05) is 11.8 Å². The van der Waals surface area contributed by atoms with E-state index < -0.39 is 17.4 Å². The Morgan fingerprint density at radius 1 is 1.33 bits per heavy atom. The molecule has 2 rings (SSSR count). The number of nitrogens with zero attached hydrogens (tertiary/aromatic N) is 2. The molecule has 0 spiro atoms. The van der Waals surface area contributed by atoms with Crippen molar-refractivity contribution in [3.63, 3.8) is 0 Å². The zero-order valence-electron chi connectivity index (χ0n) is 9.67. The predicted octanol–water partition coefficient (Wildman–Crippen LogP) is 2.20. The molecule has 0 amide bonds. The third kappa shape index (κ3) is 2.03. The normalized spacial score (nSPS) is 11.8. The lowest BCUT2D eigenvalue weighted by Gasteiger charge is -2.04. The highest BCUT2D eigenvalue weighted by Gasteiger charge is 2.36. The minimum absolute atomic E-state index is 0.138. The fraction of sp³-hybridized carbons (Fsp3) is 0.273. The summed E-state index contributed by atoms with van der Waals surface area (Å²) in [5.74, 6) is 0.138. The summed E-state index contributed by atoms with van der Waals surface area (Å²) < 4.78 is 38.7. The maximum Gasteiger partial charge on any atom is 0.433 e. The molecule has 18 heavy (non-hydrogen) atoms. The molecule has 2 aromatic heterocycles. The van der Waals surface area contributed by atoms with E-state index in [2.05, 4.69) is 4.98 Å². The van der Waals surface area contributed by atoms with Crippen molar-refractivity contribution < 1.29 is 13.2 Å². The largest absolute Gasteiger partial charge is 0.433 e. The molecule has 0 aliphatic rings. The van der Waals surface area contributed by atoms with Gasteiger partial charge in [-0.1, -0.05) is 0 Å². The highest BCUT2D eigenvalue weighted by atomic mass is 19.4. The van der Waals surface area contributed by atoms with E-state index in [0.29, 0.717) is 0 Å². The van der Waals surface area contributed by atoms with Gasteiger partial charge < -0.3 is 0 Å². The Labute approximate surface area is 100 Å². The zero-order chi connectivity index (χ0) is 13.5. The van der Waals surface area contributed by atoms with Crippen LogP contribution in [0.1, 0.15) is 16.8 Å². The van der Waals surface area contributed by atoms with E-state index >= 15 is 0 Å². The minimum atomic E-state index is -4.59. The molecule has 0 fully saturated rings. The number of alkyl halides is 3. The quantitative estimate of drug-likeness (QED) is 0.851. The maximum atomic E-state index is 12.6. The molecular weight excluding hydrogens is 247 g/mol. The van der Waals surface area contributed by atoms with Gasteiger partial charge in [-0.05, 0) is 31.5 Å². The number of halogens is 3. The molecule has 4 nitrogen and oxygen atoms in total. The van der Waals surface area contributed by atoms with Gasteiger partial charge in [0.2, 0.25) is 0 Å². The fourth-order valence-corrected chi connectivity index (χ4v) is 1.60. The summed E-state index contributed by atoms with van der Waals surface area (Å²) >= 11 is 0. The molecule has 7 heteroatoms. The molecule has 0 aliphatic heterocycles. The van der Waals surface area contributed by atoms with E-state index in [9.17, 15) is 18.0 Å². The smallest absolute Gasteiger partial charge is 0.285 e. The van der Waals surface area contributed by atoms with Crippen LogP contribution in [0.5, 0.6) is 0 Å². The Kier molecular flexibility index (Phi) is 2.76. The maximum absolute atomic E-state index is 12.6. The van der Waals surface area contributed by atoms with Gasteiger partial charge in [-0.3, -0.25) is 9.89 Å². The summed E-state index contributed by atoms with van der Waals surface area (Å²) in [6.07, 6.45) is -3.15. The molecule has 0 aliphatic carbocycles. The molecule has 0 atom stereocenters.